The molecule has 0 unspecified atom stereocenters. The summed E-state index contributed by atoms with van der Waals surface area (Å²) in [6, 6.07) is 25.1. The Hall–Kier alpha value is -4.17. The molecule has 0 aliphatic heterocycles. The predicted molar refractivity (Wildman–Crippen MR) is 124 cm³/mol. The Kier molecular flexibility index (Phi) is 6.43. The van der Waals surface area contributed by atoms with E-state index in [-0.39, 0.29) is 0 Å². The summed E-state index contributed by atoms with van der Waals surface area (Å²) < 4.78 is 1.91. The van der Waals surface area contributed by atoms with Crippen LogP contribution in [0.1, 0.15) is 40.1 Å². The van der Waals surface area contributed by atoms with Gasteiger partial charge in [-0.15, -0.1) is 5.92 Å². The Balaban J connectivity index is 1.58. The molecule has 0 aliphatic carbocycles. The molecule has 0 saturated carbocycles. The Morgan fingerprint density at radius 2 is 1.66 bits per heavy atom. The molecule has 0 spiro atoms. The molecule has 3 aromatic carbocycles. The first-order chi connectivity index (χ1) is 15.6. The Bertz CT molecular complexity index is 1280. The highest BCUT2D eigenvalue weighted by Gasteiger charge is 2.13. The third-order valence-corrected chi connectivity index (χ3v) is 5.18. The van der Waals surface area contributed by atoms with Gasteiger partial charge < -0.3 is 5.11 Å². The minimum atomic E-state index is -0.931. The fourth-order valence-corrected chi connectivity index (χ4v) is 3.59. The molecule has 4 aromatic rings. The van der Waals surface area contributed by atoms with Crippen molar-refractivity contribution in [3.05, 3.63) is 107 Å². The average molecular weight is 422 g/mol. The smallest absolute Gasteiger partial charge is 0.336 e. The van der Waals surface area contributed by atoms with Gasteiger partial charge in [0, 0.05) is 6.42 Å². The first-order valence-corrected chi connectivity index (χ1v) is 10.4. The van der Waals surface area contributed by atoms with E-state index >= 15 is 0 Å². The monoisotopic (exact) mass is 421 g/mol. The van der Waals surface area contributed by atoms with Crippen LogP contribution in [0, 0.1) is 11.8 Å². The van der Waals surface area contributed by atoms with Crippen LogP contribution in [0.25, 0.3) is 11.1 Å². The van der Waals surface area contributed by atoms with E-state index < -0.39 is 5.97 Å². The van der Waals surface area contributed by atoms with Crippen LogP contribution in [0.15, 0.2) is 78.9 Å². The van der Waals surface area contributed by atoms with Crippen LogP contribution in [-0.4, -0.2) is 25.8 Å². The summed E-state index contributed by atoms with van der Waals surface area (Å²) in [5.41, 5.74) is 4.09. The van der Waals surface area contributed by atoms with Crippen molar-refractivity contribution in [3.8, 4) is 23.0 Å². The lowest BCUT2D eigenvalue weighted by molar-refractivity contribution is 0.0697. The van der Waals surface area contributed by atoms with E-state index in [4.69, 9.17) is 10.1 Å². The predicted octanol–water partition coefficient (Wildman–Crippen LogP) is 4.85. The van der Waals surface area contributed by atoms with Crippen molar-refractivity contribution in [2.45, 2.75) is 26.3 Å². The first kappa shape index (κ1) is 21.1. The number of rotatable bonds is 7. The lowest BCUT2D eigenvalue weighted by Gasteiger charge is -2.08. The molecule has 1 N–H and O–H groups in total. The number of hydrogen-bond donors (Lipinski definition) is 1. The molecule has 0 fully saturated rings. The van der Waals surface area contributed by atoms with Gasteiger partial charge >= 0.3 is 5.97 Å². The summed E-state index contributed by atoms with van der Waals surface area (Å²) in [6.07, 6.45) is 1.22. The number of carboxylic acid groups (broad SMARTS) is 1. The molecular weight excluding hydrogens is 398 g/mol. The highest BCUT2D eigenvalue weighted by atomic mass is 16.4. The van der Waals surface area contributed by atoms with Crippen molar-refractivity contribution >= 4 is 5.97 Å². The topological polar surface area (TPSA) is 68.0 Å². The second-order valence-electron chi connectivity index (χ2n) is 7.42. The quantitative estimate of drug-likeness (QED) is 0.433. The molecule has 4 rings (SSSR count). The standard InChI is InChI=1S/C27H23N3O2/c1-2-3-13-26-28-25(18-20-9-5-4-6-10-20)29-30(26)19-21-14-16-22(17-15-21)23-11-7-8-12-24(23)27(31)32/h4-12,14-17H,13,18-19H2,1H3,(H,31,32). The van der Waals surface area contributed by atoms with Crippen molar-refractivity contribution < 1.29 is 9.90 Å². The molecule has 0 aliphatic rings. The fraction of sp³-hybridized carbons (Fsp3) is 0.148. The molecule has 0 bridgehead atoms. The van der Waals surface area contributed by atoms with Crippen LogP contribution < -0.4 is 0 Å². The van der Waals surface area contributed by atoms with Crippen LogP contribution in [0.2, 0.25) is 0 Å². The zero-order valence-corrected chi connectivity index (χ0v) is 17.8. The van der Waals surface area contributed by atoms with Crippen LogP contribution in [0.3, 0.4) is 0 Å². The van der Waals surface area contributed by atoms with Gasteiger partial charge in [0.1, 0.15) is 5.82 Å². The lowest BCUT2D eigenvalue weighted by atomic mass is 9.99. The summed E-state index contributed by atoms with van der Waals surface area (Å²) in [5.74, 6) is 6.70. The van der Waals surface area contributed by atoms with Gasteiger partial charge in [0.2, 0.25) is 0 Å². The molecule has 32 heavy (non-hydrogen) atoms. The van der Waals surface area contributed by atoms with Crippen LogP contribution in [0.5, 0.6) is 0 Å². The lowest BCUT2D eigenvalue weighted by Crippen LogP contribution is -2.07. The van der Waals surface area contributed by atoms with Crippen molar-refractivity contribution in [1.82, 2.24) is 14.8 Å². The Morgan fingerprint density at radius 3 is 2.38 bits per heavy atom. The van der Waals surface area contributed by atoms with Crippen molar-refractivity contribution in [1.29, 1.82) is 0 Å². The minimum absolute atomic E-state index is 0.294. The zero-order chi connectivity index (χ0) is 22.3. The third kappa shape index (κ3) is 4.93. The summed E-state index contributed by atoms with van der Waals surface area (Å²) in [4.78, 5) is 16.3. The number of aromatic nitrogens is 3. The molecule has 0 amide bonds. The van der Waals surface area contributed by atoms with Gasteiger partial charge in [-0.3, -0.25) is 0 Å². The number of carbonyl (C=O) groups is 1. The largest absolute Gasteiger partial charge is 0.478 e. The van der Waals surface area contributed by atoms with Gasteiger partial charge in [-0.05, 0) is 35.2 Å². The van der Waals surface area contributed by atoms with E-state index in [1.165, 1.54) is 5.56 Å². The summed E-state index contributed by atoms with van der Waals surface area (Å²) in [5, 5.41) is 14.2. The maximum absolute atomic E-state index is 11.5. The molecule has 1 aromatic heterocycles. The van der Waals surface area contributed by atoms with Crippen molar-refractivity contribution in [3.63, 3.8) is 0 Å². The summed E-state index contributed by atoms with van der Waals surface area (Å²) in [6.45, 7) is 2.39. The molecule has 0 radical (unpaired) electrons. The van der Waals surface area contributed by atoms with E-state index in [9.17, 15) is 9.90 Å². The second-order valence-corrected chi connectivity index (χ2v) is 7.42. The van der Waals surface area contributed by atoms with Crippen LogP contribution in [0.4, 0.5) is 0 Å². The van der Waals surface area contributed by atoms with Crippen LogP contribution >= 0.6 is 0 Å². The SMILES string of the molecule is CC#CCc1nc(Cc2ccccc2)nn1Cc1ccc(-c2ccccc2C(=O)O)cc1. The number of carboxylic acids is 1. The summed E-state index contributed by atoms with van der Waals surface area (Å²) >= 11 is 0. The minimum Gasteiger partial charge on any atom is -0.478 e. The van der Waals surface area contributed by atoms with Gasteiger partial charge in [-0.1, -0.05) is 78.7 Å². The second kappa shape index (κ2) is 9.76. The summed E-state index contributed by atoms with van der Waals surface area (Å²) in [7, 11) is 0. The van der Waals surface area contributed by atoms with E-state index in [0.717, 1.165) is 22.8 Å². The first-order valence-electron chi connectivity index (χ1n) is 10.4. The molecule has 0 saturated heterocycles. The van der Waals surface area contributed by atoms with E-state index in [1.807, 2.05) is 66.2 Å². The maximum Gasteiger partial charge on any atom is 0.336 e. The van der Waals surface area contributed by atoms with E-state index in [0.29, 0.717) is 30.5 Å². The van der Waals surface area contributed by atoms with Crippen molar-refractivity contribution in [2.75, 3.05) is 0 Å². The van der Waals surface area contributed by atoms with Gasteiger partial charge in [0.05, 0.1) is 18.5 Å². The Morgan fingerprint density at radius 1 is 0.938 bits per heavy atom. The molecule has 5 nitrogen and oxygen atoms in total. The van der Waals surface area contributed by atoms with Gasteiger partial charge in [0.15, 0.2) is 5.82 Å². The number of benzene rings is 3. The van der Waals surface area contributed by atoms with Crippen molar-refractivity contribution in [2.24, 2.45) is 0 Å². The maximum atomic E-state index is 11.5. The van der Waals surface area contributed by atoms with Crippen LogP contribution in [-0.2, 0) is 19.4 Å². The van der Waals surface area contributed by atoms with Gasteiger partial charge in [-0.25, -0.2) is 14.5 Å². The van der Waals surface area contributed by atoms with Gasteiger partial charge in [0.25, 0.3) is 0 Å². The molecule has 1 heterocycles. The fourth-order valence-electron chi connectivity index (χ4n) is 3.59. The molecule has 158 valence electrons. The Labute approximate surface area is 187 Å². The number of hydrogen-bond acceptors (Lipinski definition) is 3. The zero-order valence-electron chi connectivity index (χ0n) is 17.8. The highest BCUT2D eigenvalue weighted by molar-refractivity contribution is 5.95. The molecule has 5 heteroatoms. The third-order valence-electron chi connectivity index (χ3n) is 5.18. The number of aromatic carboxylic acids is 1. The van der Waals surface area contributed by atoms with Gasteiger partial charge in [-0.2, -0.15) is 5.10 Å². The molecular formula is C27H23N3O2. The normalized spacial score (nSPS) is 10.4. The number of nitrogens with zero attached hydrogens (tertiary/aromatic N) is 3. The average Bonchev–Trinajstić information content (AvgIpc) is 3.19. The van der Waals surface area contributed by atoms with E-state index in [1.54, 1.807) is 12.1 Å². The molecule has 0 atom stereocenters. The van der Waals surface area contributed by atoms with E-state index in [2.05, 4.69) is 24.0 Å². The highest BCUT2D eigenvalue weighted by Crippen LogP contribution is 2.24.